The van der Waals surface area contributed by atoms with Crippen LogP contribution < -0.4 is 5.73 Å². The minimum Gasteiger partial charge on any atom is -0.460 e. The number of hydrogen-bond donors (Lipinski definition) is 1. The number of anilines is 1. The van der Waals surface area contributed by atoms with Crippen molar-refractivity contribution >= 4 is 11.7 Å². The van der Waals surface area contributed by atoms with Gasteiger partial charge in [0.05, 0.1) is 6.42 Å². The molecule has 0 atom stereocenters. The Kier molecular flexibility index (Phi) is 3.58. The Labute approximate surface area is 96.6 Å². The molecule has 0 fully saturated rings. The van der Waals surface area contributed by atoms with Gasteiger partial charge >= 0.3 is 5.97 Å². The molecule has 1 aromatic rings. The van der Waals surface area contributed by atoms with E-state index in [1.807, 2.05) is 39.8 Å². The van der Waals surface area contributed by atoms with E-state index >= 15 is 0 Å². The number of nitrogens with two attached hydrogens (primary N) is 1. The number of nitrogen functional groups attached to an aromatic ring is 1. The van der Waals surface area contributed by atoms with Gasteiger partial charge in [0, 0.05) is 5.69 Å². The zero-order chi connectivity index (χ0) is 12.3. The van der Waals surface area contributed by atoms with Crippen LogP contribution in [0.25, 0.3) is 0 Å². The van der Waals surface area contributed by atoms with E-state index in [2.05, 4.69) is 0 Å². The molecule has 2 N–H and O–H groups in total. The fourth-order valence-electron chi connectivity index (χ4n) is 1.49. The first-order chi connectivity index (χ1) is 7.29. The van der Waals surface area contributed by atoms with Crippen molar-refractivity contribution in [3.63, 3.8) is 0 Å². The van der Waals surface area contributed by atoms with Crippen molar-refractivity contribution in [3.8, 4) is 0 Å². The second-order valence-corrected chi connectivity index (χ2v) is 4.91. The standard InChI is InChI=1S/C13H19NO2/c1-9-6-5-7-11(14)10(9)8-12(15)16-13(2,3)4/h5-7H,8,14H2,1-4H3. The lowest BCUT2D eigenvalue weighted by Gasteiger charge is -2.20. The maximum atomic E-state index is 11.7. The zero-order valence-electron chi connectivity index (χ0n) is 10.3. The minimum atomic E-state index is -0.450. The molecule has 0 aliphatic rings. The van der Waals surface area contributed by atoms with Crippen molar-refractivity contribution in [2.75, 3.05) is 5.73 Å². The number of rotatable bonds is 2. The van der Waals surface area contributed by atoms with E-state index in [1.165, 1.54) is 0 Å². The monoisotopic (exact) mass is 221 g/mol. The van der Waals surface area contributed by atoms with E-state index in [4.69, 9.17) is 10.5 Å². The van der Waals surface area contributed by atoms with E-state index in [0.717, 1.165) is 11.1 Å². The first-order valence-corrected chi connectivity index (χ1v) is 5.35. The zero-order valence-corrected chi connectivity index (χ0v) is 10.3. The molecule has 0 saturated heterocycles. The molecule has 0 unspecified atom stereocenters. The number of esters is 1. The van der Waals surface area contributed by atoms with Gasteiger partial charge in [0.2, 0.25) is 0 Å². The maximum Gasteiger partial charge on any atom is 0.310 e. The molecular weight excluding hydrogens is 202 g/mol. The largest absolute Gasteiger partial charge is 0.460 e. The van der Waals surface area contributed by atoms with Crippen LogP contribution in [0.1, 0.15) is 31.9 Å². The lowest BCUT2D eigenvalue weighted by molar-refractivity contribution is -0.153. The predicted molar refractivity (Wildman–Crippen MR) is 65.1 cm³/mol. The fraction of sp³-hybridized carbons (Fsp3) is 0.462. The first kappa shape index (κ1) is 12.6. The lowest BCUT2D eigenvalue weighted by Crippen LogP contribution is -2.25. The summed E-state index contributed by atoms with van der Waals surface area (Å²) in [6.07, 6.45) is 0.232. The summed E-state index contributed by atoms with van der Waals surface area (Å²) in [5.41, 5.74) is 7.90. The molecule has 0 heterocycles. The third-order valence-electron chi connectivity index (χ3n) is 2.19. The van der Waals surface area contributed by atoms with E-state index in [9.17, 15) is 4.79 Å². The Morgan fingerprint density at radius 1 is 1.38 bits per heavy atom. The van der Waals surface area contributed by atoms with Gasteiger partial charge in [-0.2, -0.15) is 0 Å². The van der Waals surface area contributed by atoms with Crippen LogP contribution in [0, 0.1) is 6.92 Å². The van der Waals surface area contributed by atoms with Crippen molar-refractivity contribution in [3.05, 3.63) is 29.3 Å². The van der Waals surface area contributed by atoms with E-state index < -0.39 is 5.60 Å². The summed E-state index contributed by atoms with van der Waals surface area (Å²) < 4.78 is 5.26. The fourth-order valence-corrected chi connectivity index (χ4v) is 1.49. The Balaban J connectivity index is 2.78. The SMILES string of the molecule is Cc1cccc(N)c1CC(=O)OC(C)(C)C. The minimum absolute atomic E-state index is 0.232. The summed E-state index contributed by atoms with van der Waals surface area (Å²) in [6.45, 7) is 7.50. The topological polar surface area (TPSA) is 52.3 Å². The van der Waals surface area contributed by atoms with Crippen molar-refractivity contribution in [1.29, 1.82) is 0 Å². The molecule has 0 spiro atoms. The van der Waals surface area contributed by atoms with Gasteiger partial charge in [-0.1, -0.05) is 12.1 Å². The highest BCUT2D eigenvalue weighted by atomic mass is 16.6. The normalized spacial score (nSPS) is 11.2. The van der Waals surface area contributed by atoms with E-state index in [0.29, 0.717) is 5.69 Å². The second-order valence-electron chi connectivity index (χ2n) is 4.91. The number of benzene rings is 1. The second kappa shape index (κ2) is 4.56. The number of carbonyl (C=O) groups is 1. The highest BCUT2D eigenvalue weighted by Gasteiger charge is 2.17. The van der Waals surface area contributed by atoms with Gasteiger partial charge in [0.25, 0.3) is 0 Å². The molecule has 3 nitrogen and oxygen atoms in total. The molecule has 0 aliphatic heterocycles. The third kappa shape index (κ3) is 3.57. The Morgan fingerprint density at radius 3 is 2.50 bits per heavy atom. The molecule has 0 bridgehead atoms. The molecule has 0 radical (unpaired) electrons. The quantitative estimate of drug-likeness (QED) is 0.616. The smallest absolute Gasteiger partial charge is 0.310 e. The molecule has 3 heteroatoms. The van der Waals surface area contributed by atoms with Crippen LogP contribution in [0.2, 0.25) is 0 Å². The predicted octanol–water partition coefficient (Wildman–Crippen LogP) is 2.46. The molecule has 0 saturated carbocycles. The van der Waals surface area contributed by atoms with Crippen molar-refractivity contribution in [2.24, 2.45) is 0 Å². The molecule has 16 heavy (non-hydrogen) atoms. The molecule has 1 rings (SSSR count). The molecule has 88 valence electrons. The van der Waals surface area contributed by atoms with Gasteiger partial charge in [-0.25, -0.2) is 0 Å². The van der Waals surface area contributed by atoms with Crippen LogP contribution >= 0.6 is 0 Å². The van der Waals surface area contributed by atoms with Gasteiger partial charge in [-0.15, -0.1) is 0 Å². The van der Waals surface area contributed by atoms with Crippen molar-refractivity contribution in [2.45, 2.75) is 39.7 Å². The Morgan fingerprint density at radius 2 is 2.00 bits per heavy atom. The summed E-state index contributed by atoms with van der Waals surface area (Å²) in [4.78, 5) is 11.7. The number of ether oxygens (including phenoxy) is 1. The van der Waals surface area contributed by atoms with Crippen LogP contribution in [0.15, 0.2) is 18.2 Å². The molecule has 0 aromatic heterocycles. The maximum absolute atomic E-state index is 11.7. The molecule has 1 aromatic carbocycles. The van der Waals surface area contributed by atoms with E-state index in [1.54, 1.807) is 6.07 Å². The Bertz CT molecular complexity index is 371. The highest BCUT2D eigenvalue weighted by Crippen LogP contribution is 2.18. The summed E-state index contributed by atoms with van der Waals surface area (Å²) in [7, 11) is 0. The van der Waals surface area contributed by atoms with Gasteiger partial charge in [-0.05, 0) is 44.9 Å². The number of aryl methyl sites for hydroxylation is 1. The molecule has 0 amide bonds. The van der Waals surface area contributed by atoms with Gasteiger partial charge in [0.15, 0.2) is 0 Å². The summed E-state index contributed by atoms with van der Waals surface area (Å²) in [5, 5.41) is 0. The highest BCUT2D eigenvalue weighted by molar-refractivity contribution is 5.76. The molecule has 0 aliphatic carbocycles. The summed E-state index contributed by atoms with van der Waals surface area (Å²) >= 11 is 0. The van der Waals surface area contributed by atoms with Crippen molar-refractivity contribution < 1.29 is 9.53 Å². The Hall–Kier alpha value is -1.51. The van der Waals surface area contributed by atoms with Crippen LogP contribution in [-0.4, -0.2) is 11.6 Å². The average molecular weight is 221 g/mol. The van der Waals surface area contributed by atoms with Gasteiger partial charge in [0.1, 0.15) is 5.60 Å². The summed E-state index contributed by atoms with van der Waals surface area (Å²) in [6, 6.07) is 5.62. The van der Waals surface area contributed by atoms with Crippen LogP contribution in [-0.2, 0) is 16.0 Å². The van der Waals surface area contributed by atoms with Crippen LogP contribution in [0.5, 0.6) is 0 Å². The number of hydrogen-bond acceptors (Lipinski definition) is 3. The van der Waals surface area contributed by atoms with Crippen LogP contribution in [0.3, 0.4) is 0 Å². The van der Waals surface area contributed by atoms with Gasteiger partial charge in [-0.3, -0.25) is 4.79 Å². The van der Waals surface area contributed by atoms with Gasteiger partial charge < -0.3 is 10.5 Å². The van der Waals surface area contributed by atoms with Crippen molar-refractivity contribution in [1.82, 2.24) is 0 Å². The van der Waals surface area contributed by atoms with E-state index in [-0.39, 0.29) is 12.4 Å². The first-order valence-electron chi connectivity index (χ1n) is 5.35. The molecular formula is C13H19NO2. The number of carbonyl (C=O) groups excluding carboxylic acids is 1. The average Bonchev–Trinajstić information content (AvgIpc) is 2.08. The van der Waals surface area contributed by atoms with Crippen LogP contribution in [0.4, 0.5) is 5.69 Å². The lowest BCUT2D eigenvalue weighted by atomic mass is 10.0. The third-order valence-corrected chi connectivity index (χ3v) is 2.19. The summed E-state index contributed by atoms with van der Waals surface area (Å²) in [5.74, 6) is -0.242.